The van der Waals surface area contributed by atoms with Crippen molar-refractivity contribution in [3.8, 4) is 43.8 Å². The summed E-state index contributed by atoms with van der Waals surface area (Å²) in [6.45, 7) is 0. The summed E-state index contributed by atoms with van der Waals surface area (Å²) in [5.41, 5.74) is 5.74. The summed E-state index contributed by atoms with van der Waals surface area (Å²) in [7, 11) is 0. The van der Waals surface area contributed by atoms with Crippen LogP contribution in [-0.4, -0.2) is 32.2 Å². The fourth-order valence-corrected chi connectivity index (χ4v) is 6.78. The fraction of sp³-hybridized carbons (Fsp3) is 0.0526. The molecule has 0 spiro atoms. The number of rotatable bonds is 12. The molecule has 2 aromatic heterocycles. The molecule has 0 fully saturated rings. The molecule has 0 aliphatic rings. The van der Waals surface area contributed by atoms with Gasteiger partial charge in [-0.2, -0.15) is 0 Å². The van der Waals surface area contributed by atoms with Gasteiger partial charge in [-0.25, -0.2) is 0 Å². The van der Waals surface area contributed by atoms with Crippen LogP contribution in [-0.2, 0) is 9.59 Å². The van der Waals surface area contributed by atoms with Gasteiger partial charge in [0, 0.05) is 45.4 Å². The van der Waals surface area contributed by atoms with Crippen LogP contribution in [0.4, 0.5) is 21.6 Å². The number of benzene rings is 5. The number of carbonyl (C=O) groups is 2. The lowest BCUT2D eigenvalue weighted by Crippen LogP contribution is -2.17. The van der Waals surface area contributed by atoms with E-state index in [0.29, 0.717) is 20.3 Å². The number of ether oxygens (including phenoxy) is 1. The zero-order valence-corrected chi connectivity index (χ0v) is 30.0. The summed E-state index contributed by atoms with van der Waals surface area (Å²) in [5, 5.41) is 27.6. The van der Waals surface area contributed by atoms with Crippen LogP contribution in [0.25, 0.3) is 32.3 Å². The minimum atomic E-state index is -0.336. The van der Waals surface area contributed by atoms with Crippen LogP contribution in [0.15, 0.2) is 132 Å². The summed E-state index contributed by atoms with van der Waals surface area (Å²) in [4.78, 5) is 25.0. The number of hydrogen-bond donors (Lipinski definition) is 3. The fourth-order valence-electron chi connectivity index (χ4n) is 4.99. The minimum Gasteiger partial charge on any atom is -0.457 e. The molecule has 0 unspecified atom stereocenters. The second-order valence-corrected chi connectivity index (χ2v) is 14.0. The Morgan fingerprint density at radius 1 is 0.569 bits per heavy atom. The van der Waals surface area contributed by atoms with E-state index in [0.717, 1.165) is 49.6 Å². The molecule has 10 nitrogen and oxygen atoms in total. The molecule has 0 aliphatic carbocycles. The van der Waals surface area contributed by atoms with Crippen LogP contribution in [0.5, 0.6) is 11.5 Å². The molecular formula is C38H28BrN7O3S2. The summed E-state index contributed by atoms with van der Waals surface area (Å²) < 4.78 is 6.91. The van der Waals surface area contributed by atoms with E-state index in [1.165, 1.54) is 22.7 Å². The molecule has 2 amide bonds. The average Bonchev–Trinajstić information content (AvgIpc) is 3.82. The van der Waals surface area contributed by atoms with Gasteiger partial charge >= 0.3 is 0 Å². The Morgan fingerprint density at radius 3 is 1.69 bits per heavy atom. The van der Waals surface area contributed by atoms with E-state index in [9.17, 15) is 9.59 Å². The Labute approximate surface area is 309 Å². The Bertz CT molecular complexity index is 2260. The zero-order valence-electron chi connectivity index (χ0n) is 26.7. The van der Waals surface area contributed by atoms with Gasteiger partial charge in [-0.3, -0.25) is 9.59 Å². The number of amides is 2. The quantitative estimate of drug-likeness (QED) is 0.112. The van der Waals surface area contributed by atoms with E-state index >= 15 is 0 Å². The predicted molar refractivity (Wildman–Crippen MR) is 207 cm³/mol. The molecule has 3 N–H and O–H groups in total. The van der Waals surface area contributed by atoms with Gasteiger partial charge in [0.1, 0.15) is 21.5 Å². The molecule has 0 radical (unpaired) electrons. The maximum Gasteiger partial charge on any atom is 0.226 e. The monoisotopic (exact) mass is 773 g/mol. The molecule has 0 aliphatic heterocycles. The van der Waals surface area contributed by atoms with Crippen molar-refractivity contribution in [2.24, 2.45) is 0 Å². The lowest BCUT2D eigenvalue weighted by Gasteiger charge is -2.13. The molecule has 0 saturated heterocycles. The molecule has 0 saturated carbocycles. The number of anilines is 4. The zero-order chi connectivity index (χ0) is 35.0. The third-order valence-electron chi connectivity index (χ3n) is 7.50. The van der Waals surface area contributed by atoms with E-state index in [4.69, 9.17) is 4.74 Å². The highest BCUT2D eigenvalue weighted by molar-refractivity contribution is 9.10. The van der Waals surface area contributed by atoms with Crippen LogP contribution in [0.1, 0.15) is 12.8 Å². The number of halogens is 1. The van der Waals surface area contributed by atoms with Crippen molar-refractivity contribution in [3.63, 3.8) is 0 Å². The normalized spacial score (nSPS) is 10.8. The predicted octanol–water partition coefficient (Wildman–Crippen LogP) is 10.0. The number of para-hydroxylation sites is 2. The van der Waals surface area contributed by atoms with Crippen molar-refractivity contribution in [1.82, 2.24) is 20.4 Å². The third-order valence-corrected chi connectivity index (χ3v) is 9.80. The Balaban J connectivity index is 0.908. The first-order chi connectivity index (χ1) is 24.9. The van der Waals surface area contributed by atoms with E-state index in [1.807, 2.05) is 121 Å². The largest absolute Gasteiger partial charge is 0.457 e. The topological polar surface area (TPSA) is 131 Å². The van der Waals surface area contributed by atoms with Gasteiger partial charge in [0.25, 0.3) is 0 Å². The first kappa shape index (κ1) is 33.7. The maximum atomic E-state index is 12.6. The average molecular weight is 775 g/mol. The highest BCUT2D eigenvalue weighted by Crippen LogP contribution is 2.34. The molecule has 0 bridgehead atoms. The van der Waals surface area contributed by atoms with Crippen molar-refractivity contribution in [3.05, 3.63) is 132 Å². The molecule has 7 aromatic rings. The third kappa shape index (κ3) is 8.89. The van der Waals surface area contributed by atoms with E-state index in [2.05, 4.69) is 58.3 Å². The van der Waals surface area contributed by atoms with Gasteiger partial charge in [-0.1, -0.05) is 99.3 Å². The molecule has 13 heteroatoms. The van der Waals surface area contributed by atoms with Crippen LogP contribution in [0.2, 0.25) is 0 Å². The second kappa shape index (κ2) is 15.9. The number of nitrogens with one attached hydrogen (secondary N) is 3. The van der Waals surface area contributed by atoms with Crippen molar-refractivity contribution >= 4 is 72.1 Å². The highest BCUT2D eigenvalue weighted by Gasteiger charge is 2.14. The summed E-state index contributed by atoms with van der Waals surface area (Å²) in [6.07, 6.45) is -0.0389. The van der Waals surface area contributed by atoms with E-state index in [1.54, 1.807) is 0 Å². The van der Waals surface area contributed by atoms with Gasteiger partial charge in [-0.05, 0) is 72.3 Å². The molecule has 0 atom stereocenters. The van der Waals surface area contributed by atoms with Gasteiger partial charge < -0.3 is 20.7 Å². The molecule has 7 rings (SSSR count). The van der Waals surface area contributed by atoms with Crippen molar-refractivity contribution < 1.29 is 14.3 Å². The van der Waals surface area contributed by atoms with Crippen LogP contribution in [0.3, 0.4) is 0 Å². The highest BCUT2D eigenvalue weighted by atomic mass is 79.9. The molecule has 252 valence electrons. The summed E-state index contributed by atoms with van der Waals surface area (Å²) >= 11 is 5.93. The second-order valence-electron chi connectivity index (χ2n) is 11.1. The maximum absolute atomic E-state index is 12.6. The Hall–Kier alpha value is -5.76. The first-order valence-corrected chi connectivity index (χ1v) is 18.2. The van der Waals surface area contributed by atoms with Crippen molar-refractivity contribution in [2.75, 3.05) is 16.0 Å². The Morgan fingerprint density at radius 2 is 1.08 bits per heavy atom. The number of hydrogen-bond acceptors (Lipinski definition) is 10. The van der Waals surface area contributed by atoms with Crippen LogP contribution in [0, 0.1) is 0 Å². The first-order valence-electron chi connectivity index (χ1n) is 15.8. The van der Waals surface area contributed by atoms with Gasteiger partial charge in [0.05, 0.1) is 0 Å². The van der Waals surface area contributed by atoms with Gasteiger partial charge in [0.2, 0.25) is 22.1 Å². The number of aromatic nitrogens is 4. The number of carbonyl (C=O) groups excluding carboxylic acids is 2. The van der Waals surface area contributed by atoms with Crippen molar-refractivity contribution in [2.45, 2.75) is 12.8 Å². The van der Waals surface area contributed by atoms with Crippen LogP contribution < -0.4 is 20.7 Å². The summed E-state index contributed by atoms with van der Waals surface area (Å²) in [6, 6.07) is 41.3. The standard InChI is InChI=1S/C38H28BrN7O3S2/c39-27-16-10-25(11-17-27)35-43-45-37(50-35)41-33(47)22-23-34(48)42-38-46-44-36(51-38)26-12-18-28(19-13-26)40-32-9-5-4-8-31(32)24-14-20-30(21-15-24)49-29-6-2-1-3-7-29/h1-21,40H,22-23H2,(H,41,45,47)(H,42,46,48). The molecule has 5 aromatic carbocycles. The van der Waals surface area contributed by atoms with Gasteiger partial charge in [-0.15, -0.1) is 20.4 Å². The summed E-state index contributed by atoms with van der Waals surface area (Å²) in [5.74, 6) is 0.896. The molecule has 2 heterocycles. The molecular weight excluding hydrogens is 747 g/mol. The lowest BCUT2D eigenvalue weighted by atomic mass is 10.0. The van der Waals surface area contributed by atoms with Gasteiger partial charge in [0.15, 0.2) is 0 Å². The Kier molecular flexibility index (Phi) is 10.5. The smallest absolute Gasteiger partial charge is 0.226 e. The SMILES string of the molecule is O=C(CCC(=O)Nc1nnc(-c2ccc(Nc3ccccc3-c3ccc(Oc4ccccc4)cc3)cc2)s1)Nc1nnc(-c2ccc(Br)cc2)s1. The van der Waals surface area contributed by atoms with E-state index < -0.39 is 0 Å². The van der Waals surface area contributed by atoms with Crippen molar-refractivity contribution in [1.29, 1.82) is 0 Å². The lowest BCUT2D eigenvalue weighted by molar-refractivity contribution is -0.121. The van der Waals surface area contributed by atoms with E-state index in [-0.39, 0.29) is 24.7 Å². The molecule has 51 heavy (non-hydrogen) atoms. The number of nitrogens with zero attached hydrogens (tertiary/aromatic N) is 4. The van der Waals surface area contributed by atoms with Crippen LogP contribution >= 0.6 is 38.6 Å². The minimum absolute atomic E-state index is 0.0176.